The van der Waals surface area contributed by atoms with Crippen molar-refractivity contribution in [1.29, 1.82) is 0 Å². The molecule has 0 N–H and O–H groups in total. The van der Waals surface area contributed by atoms with Crippen LogP contribution in [0.2, 0.25) is 0 Å². The fraction of sp³-hybridized carbons (Fsp3) is 0.450. The second-order valence-electron chi connectivity index (χ2n) is 11.3. The molecule has 0 fully saturated rings. The molecule has 0 bridgehead atoms. The maximum absolute atomic E-state index is 4.27. The van der Waals surface area contributed by atoms with E-state index in [4.69, 9.17) is 0 Å². The van der Waals surface area contributed by atoms with Crippen LogP contribution in [0, 0.1) is 11.8 Å². The molecule has 42 heavy (non-hydrogen) atoms. The van der Waals surface area contributed by atoms with E-state index in [1.165, 1.54) is 102 Å². The monoisotopic (exact) mass is 600 g/mol. The second-order valence-corrected chi connectivity index (χ2v) is 12.8. The average molecular weight is 601 g/mol. The van der Waals surface area contributed by atoms with Crippen molar-refractivity contribution >= 4 is 52.0 Å². The van der Waals surface area contributed by atoms with Gasteiger partial charge in [-0.2, -0.15) is 24.4 Å². The van der Waals surface area contributed by atoms with Crippen LogP contribution in [-0.2, 0) is 6.42 Å². The lowest BCUT2D eigenvalue weighted by atomic mass is 10.0. The van der Waals surface area contributed by atoms with Gasteiger partial charge in [-0.25, -0.2) is 0 Å². The topological polar surface area (TPSA) is 0 Å². The largest absolute Gasteiger partial charge is 0.179 e. The molecule has 2 unspecified atom stereocenters. The van der Waals surface area contributed by atoms with Crippen molar-refractivity contribution in [2.75, 3.05) is 17.3 Å². The fourth-order valence-corrected chi connectivity index (χ4v) is 6.89. The quantitative estimate of drug-likeness (QED) is 0.105. The lowest BCUT2D eigenvalue weighted by Gasteiger charge is -2.14. The minimum Gasteiger partial charge on any atom is -0.179 e. The zero-order chi connectivity index (χ0) is 30.4. The molecule has 4 aromatic rings. The molecule has 0 aliphatic heterocycles. The number of aryl methyl sites for hydroxylation is 1. The van der Waals surface area contributed by atoms with Gasteiger partial charge in [0.25, 0.3) is 0 Å². The zero-order valence-corrected chi connectivity index (χ0v) is 28.6. The third kappa shape index (κ3) is 13.0. The number of fused-ring (bicyclic) bond motifs is 2. The molecule has 2 heteroatoms. The summed E-state index contributed by atoms with van der Waals surface area (Å²) in [5.74, 6) is 5.43. The molecule has 2 atom stereocenters. The molecule has 4 rings (SSSR count). The van der Waals surface area contributed by atoms with Gasteiger partial charge >= 0.3 is 0 Å². The highest BCUT2D eigenvalue weighted by atomic mass is 32.2. The van der Waals surface area contributed by atoms with E-state index in [0.29, 0.717) is 0 Å². The minimum absolute atomic E-state index is 0.869. The fourth-order valence-electron chi connectivity index (χ4n) is 5.19. The van der Waals surface area contributed by atoms with Gasteiger partial charge in [-0.05, 0) is 81.0 Å². The molecule has 228 valence electrons. The Morgan fingerprint density at radius 1 is 0.690 bits per heavy atom. The molecule has 0 aliphatic carbocycles. The first-order valence-corrected chi connectivity index (χ1v) is 18.2. The lowest BCUT2D eigenvalue weighted by Crippen LogP contribution is -2.03. The smallest absolute Gasteiger partial charge is 0.00267 e. The summed E-state index contributed by atoms with van der Waals surface area (Å²) in [4.78, 5) is 0. The Labute approximate surface area is 268 Å². The van der Waals surface area contributed by atoms with Gasteiger partial charge in [0.2, 0.25) is 0 Å². The van der Waals surface area contributed by atoms with Crippen molar-refractivity contribution in [3.05, 3.63) is 103 Å². The zero-order valence-electron chi connectivity index (χ0n) is 26.9. The van der Waals surface area contributed by atoms with Gasteiger partial charge in [-0.15, -0.1) is 0 Å². The van der Waals surface area contributed by atoms with E-state index in [9.17, 15) is 0 Å². The highest BCUT2D eigenvalue weighted by Crippen LogP contribution is 2.23. The van der Waals surface area contributed by atoms with Crippen molar-refractivity contribution in [3.63, 3.8) is 0 Å². The number of benzene rings is 4. The summed E-state index contributed by atoms with van der Waals surface area (Å²) in [6.45, 7) is 12.9. The Morgan fingerprint density at radius 2 is 1.24 bits per heavy atom. The Bertz CT molecular complexity index is 1250. The maximum Gasteiger partial charge on any atom is -0.00267 e. The highest BCUT2D eigenvalue weighted by Gasteiger charge is 2.06. The molecule has 0 saturated carbocycles. The summed E-state index contributed by atoms with van der Waals surface area (Å²) in [5.41, 5.74) is 2.70. The Kier molecular flexibility index (Phi) is 19.2. The average Bonchev–Trinajstić information content (AvgIpc) is 3.05. The predicted molar refractivity (Wildman–Crippen MR) is 199 cm³/mol. The van der Waals surface area contributed by atoms with Gasteiger partial charge < -0.3 is 0 Å². The van der Waals surface area contributed by atoms with Gasteiger partial charge in [-0.3, -0.25) is 0 Å². The van der Waals surface area contributed by atoms with Crippen molar-refractivity contribution in [2.24, 2.45) is 11.8 Å². The van der Waals surface area contributed by atoms with Crippen LogP contribution in [0.4, 0.5) is 0 Å². The normalized spacial score (nSPS) is 12.1. The Hall–Kier alpha value is -2.16. The number of unbranched alkanes of at least 4 members (excludes halogenated alkanes) is 2. The number of hydrogen-bond donors (Lipinski definition) is 1. The maximum atomic E-state index is 4.27. The van der Waals surface area contributed by atoms with Crippen LogP contribution in [0.25, 0.3) is 27.6 Å². The Balaban J connectivity index is 0.000000247. The SMILES string of the molecule is C=Cc1cccc2ccccc12.CCCCC(CC)CS.CCCCC(CC)CSCCc1cccc2ccccc12. The molecule has 4 aromatic carbocycles. The number of thiol groups is 1. The second kappa shape index (κ2) is 22.4. The van der Waals surface area contributed by atoms with E-state index in [1.54, 1.807) is 0 Å². The van der Waals surface area contributed by atoms with E-state index >= 15 is 0 Å². The van der Waals surface area contributed by atoms with Gasteiger partial charge in [-0.1, -0.05) is 164 Å². The molecule has 0 amide bonds. The first-order chi connectivity index (χ1) is 20.6. The summed E-state index contributed by atoms with van der Waals surface area (Å²) in [5, 5.41) is 5.35. The molecular weight excluding hydrogens is 545 g/mol. The molecule has 0 heterocycles. The van der Waals surface area contributed by atoms with E-state index in [0.717, 1.165) is 17.6 Å². The molecular formula is C40H56S2. The van der Waals surface area contributed by atoms with Crippen LogP contribution in [-0.4, -0.2) is 17.3 Å². The third-order valence-electron chi connectivity index (χ3n) is 8.14. The van der Waals surface area contributed by atoms with Crippen LogP contribution in [0.3, 0.4) is 0 Å². The van der Waals surface area contributed by atoms with E-state index in [1.807, 2.05) is 6.08 Å². The molecule has 0 spiro atoms. The van der Waals surface area contributed by atoms with Crippen LogP contribution in [0.15, 0.2) is 91.5 Å². The predicted octanol–water partition coefficient (Wildman–Crippen LogP) is 12.9. The van der Waals surface area contributed by atoms with Gasteiger partial charge in [0.1, 0.15) is 0 Å². The molecule has 0 radical (unpaired) electrons. The number of hydrogen-bond acceptors (Lipinski definition) is 2. The standard InChI is InChI=1S/C20H28S.C12H10.C8H18S/c1-3-5-9-17(4-2)16-21-15-14-19-12-8-11-18-10-6-7-13-20(18)19;1-2-10-7-5-8-11-6-3-4-9-12(10)11;1-3-5-6-8(4-2)7-9/h6-8,10-13,17H,3-5,9,14-16H2,1-2H3;2-9H,1H2;8-9H,3-7H2,1-2H3. The summed E-state index contributed by atoms with van der Waals surface area (Å²) in [6.07, 6.45) is 13.9. The number of rotatable bonds is 15. The van der Waals surface area contributed by atoms with Crippen molar-refractivity contribution in [1.82, 2.24) is 0 Å². The molecule has 0 nitrogen and oxygen atoms in total. The minimum atomic E-state index is 0.869. The van der Waals surface area contributed by atoms with Gasteiger partial charge in [0, 0.05) is 0 Å². The molecule has 0 saturated heterocycles. The van der Waals surface area contributed by atoms with Gasteiger partial charge in [0.15, 0.2) is 0 Å². The van der Waals surface area contributed by atoms with Crippen LogP contribution in [0.1, 0.15) is 90.2 Å². The third-order valence-corrected chi connectivity index (χ3v) is 9.85. The van der Waals surface area contributed by atoms with Crippen LogP contribution < -0.4 is 0 Å². The number of thioether (sulfide) groups is 1. The van der Waals surface area contributed by atoms with E-state index in [-0.39, 0.29) is 0 Å². The Morgan fingerprint density at radius 3 is 1.83 bits per heavy atom. The van der Waals surface area contributed by atoms with Crippen LogP contribution >= 0.6 is 24.4 Å². The molecule has 0 aromatic heterocycles. The summed E-state index contributed by atoms with van der Waals surface area (Å²) < 4.78 is 0. The molecule has 0 aliphatic rings. The summed E-state index contributed by atoms with van der Waals surface area (Å²) in [6, 6.07) is 30.0. The lowest BCUT2D eigenvalue weighted by molar-refractivity contribution is 0.499. The summed E-state index contributed by atoms with van der Waals surface area (Å²) >= 11 is 6.41. The van der Waals surface area contributed by atoms with Gasteiger partial charge in [0.05, 0.1) is 0 Å². The highest BCUT2D eigenvalue weighted by molar-refractivity contribution is 7.99. The van der Waals surface area contributed by atoms with Crippen molar-refractivity contribution in [3.8, 4) is 0 Å². The van der Waals surface area contributed by atoms with Crippen molar-refractivity contribution in [2.45, 2.75) is 85.5 Å². The van der Waals surface area contributed by atoms with E-state index in [2.05, 4.69) is 144 Å². The van der Waals surface area contributed by atoms with E-state index < -0.39 is 0 Å². The van der Waals surface area contributed by atoms with Crippen LogP contribution in [0.5, 0.6) is 0 Å². The summed E-state index contributed by atoms with van der Waals surface area (Å²) in [7, 11) is 0. The van der Waals surface area contributed by atoms with Crippen molar-refractivity contribution < 1.29 is 0 Å². The first-order valence-electron chi connectivity index (χ1n) is 16.4. The first kappa shape index (κ1) is 36.0.